The predicted octanol–water partition coefficient (Wildman–Crippen LogP) is 4.32. The fraction of sp³-hybridized carbons (Fsp3) is 0.273. The Morgan fingerprint density at radius 1 is 0.852 bits per heavy atom. The normalized spacial score (nSPS) is 12.0. The Hall–Kier alpha value is -2.92. The van der Waals surface area contributed by atoms with E-state index in [1.807, 2.05) is 74.5 Å². The first-order valence-corrected chi connectivity index (χ1v) is 9.02. The van der Waals surface area contributed by atoms with Crippen molar-refractivity contribution in [2.75, 3.05) is 0 Å². The molecule has 0 aliphatic rings. The molecule has 27 heavy (non-hydrogen) atoms. The van der Waals surface area contributed by atoms with Crippen LogP contribution in [0.5, 0.6) is 11.9 Å². The molecule has 0 amide bonds. The average molecular weight is 364 g/mol. The number of aromatic nitrogens is 2. The molecular formula is C22H24N2O3. The molecule has 3 rings (SSSR count). The second-order valence-electron chi connectivity index (χ2n) is 6.65. The monoisotopic (exact) mass is 364 g/mol. The molecule has 1 N–H and O–H groups in total. The number of hydrogen-bond acceptors (Lipinski definition) is 5. The molecular weight excluding hydrogens is 340 g/mol. The van der Waals surface area contributed by atoms with Gasteiger partial charge in [-0.05, 0) is 17.0 Å². The quantitative estimate of drug-likeness (QED) is 0.645. The van der Waals surface area contributed by atoms with Gasteiger partial charge < -0.3 is 14.6 Å². The molecule has 0 aliphatic carbocycles. The van der Waals surface area contributed by atoms with Crippen LogP contribution in [0.4, 0.5) is 0 Å². The van der Waals surface area contributed by atoms with E-state index in [9.17, 15) is 5.11 Å². The van der Waals surface area contributed by atoms with Crippen molar-refractivity contribution in [2.24, 2.45) is 5.92 Å². The van der Waals surface area contributed by atoms with Gasteiger partial charge in [0, 0.05) is 6.20 Å². The van der Waals surface area contributed by atoms with Gasteiger partial charge in [0.1, 0.15) is 13.2 Å². The van der Waals surface area contributed by atoms with E-state index in [1.165, 1.54) is 0 Å². The van der Waals surface area contributed by atoms with Crippen LogP contribution in [0.15, 0.2) is 66.9 Å². The third-order valence-corrected chi connectivity index (χ3v) is 4.14. The minimum absolute atomic E-state index is 0.0174. The molecule has 0 saturated heterocycles. The van der Waals surface area contributed by atoms with Gasteiger partial charge in [0.15, 0.2) is 0 Å². The summed E-state index contributed by atoms with van der Waals surface area (Å²) in [6.45, 7) is 4.59. The molecule has 0 spiro atoms. The summed E-state index contributed by atoms with van der Waals surface area (Å²) in [5.41, 5.74) is 2.61. The maximum absolute atomic E-state index is 10.5. The summed E-state index contributed by atoms with van der Waals surface area (Å²) < 4.78 is 11.6. The largest absolute Gasteiger partial charge is 0.472 e. The Kier molecular flexibility index (Phi) is 6.39. The summed E-state index contributed by atoms with van der Waals surface area (Å²) in [5.74, 6) is 0.363. The fourth-order valence-electron chi connectivity index (χ4n) is 2.56. The first kappa shape index (κ1) is 18.9. The highest BCUT2D eigenvalue weighted by Gasteiger charge is 2.20. The molecule has 1 heterocycles. The van der Waals surface area contributed by atoms with Crippen LogP contribution in [-0.2, 0) is 13.2 Å². The number of nitrogens with zero attached hydrogens (tertiary/aromatic N) is 2. The Labute approximate surface area is 159 Å². The Bertz CT molecular complexity index is 839. The highest BCUT2D eigenvalue weighted by atomic mass is 16.5. The van der Waals surface area contributed by atoms with E-state index in [1.54, 1.807) is 6.20 Å². The van der Waals surface area contributed by atoms with Gasteiger partial charge in [-0.15, -0.1) is 0 Å². The van der Waals surface area contributed by atoms with E-state index in [0.717, 1.165) is 11.1 Å². The lowest BCUT2D eigenvalue weighted by molar-refractivity contribution is 0.119. The predicted molar refractivity (Wildman–Crippen MR) is 103 cm³/mol. The van der Waals surface area contributed by atoms with E-state index in [2.05, 4.69) is 9.97 Å². The Balaban J connectivity index is 1.77. The highest BCUT2D eigenvalue weighted by Crippen LogP contribution is 2.29. The summed E-state index contributed by atoms with van der Waals surface area (Å²) in [7, 11) is 0. The number of hydrogen-bond donors (Lipinski definition) is 1. The molecule has 0 bridgehead atoms. The average Bonchev–Trinajstić information content (AvgIpc) is 2.71. The van der Waals surface area contributed by atoms with Crippen LogP contribution in [-0.4, -0.2) is 15.1 Å². The maximum Gasteiger partial charge on any atom is 0.320 e. The van der Waals surface area contributed by atoms with E-state index >= 15 is 0 Å². The van der Waals surface area contributed by atoms with Crippen molar-refractivity contribution in [1.82, 2.24) is 9.97 Å². The summed E-state index contributed by atoms with van der Waals surface area (Å²) in [6, 6.07) is 19.9. The third kappa shape index (κ3) is 5.28. The number of benzene rings is 2. The van der Waals surface area contributed by atoms with Gasteiger partial charge >= 0.3 is 6.01 Å². The fourth-order valence-corrected chi connectivity index (χ4v) is 2.56. The van der Waals surface area contributed by atoms with Gasteiger partial charge in [0.05, 0.1) is 11.7 Å². The molecule has 5 nitrogen and oxygen atoms in total. The van der Waals surface area contributed by atoms with Crippen molar-refractivity contribution in [3.63, 3.8) is 0 Å². The van der Waals surface area contributed by atoms with Crippen molar-refractivity contribution < 1.29 is 14.6 Å². The molecule has 0 saturated carbocycles. The topological polar surface area (TPSA) is 64.5 Å². The zero-order chi connectivity index (χ0) is 19.1. The molecule has 3 aromatic rings. The lowest BCUT2D eigenvalue weighted by atomic mass is 10.0. The highest BCUT2D eigenvalue weighted by molar-refractivity contribution is 5.28. The molecule has 5 heteroatoms. The Morgan fingerprint density at radius 2 is 1.41 bits per heavy atom. The minimum Gasteiger partial charge on any atom is -0.472 e. The smallest absolute Gasteiger partial charge is 0.320 e. The van der Waals surface area contributed by atoms with E-state index in [-0.39, 0.29) is 11.9 Å². The first-order chi connectivity index (χ1) is 13.1. The zero-order valence-electron chi connectivity index (χ0n) is 15.6. The van der Waals surface area contributed by atoms with Crippen LogP contribution in [0, 0.1) is 5.92 Å². The molecule has 0 aliphatic heterocycles. The maximum atomic E-state index is 10.5. The van der Waals surface area contributed by atoms with Crippen LogP contribution < -0.4 is 9.47 Å². The summed E-state index contributed by atoms with van der Waals surface area (Å²) >= 11 is 0. The van der Waals surface area contributed by atoms with Crippen molar-refractivity contribution in [2.45, 2.75) is 33.2 Å². The van der Waals surface area contributed by atoms with Gasteiger partial charge in [-0.2, -0.15) is 4.98 Å². The number of aliphatic hydroxyl groups excluding tert-OH is 1. The summed E-state index contributed by atoms with van der Waals surface area (Å²) in [4.78, 5) is 8.63. The van der Waals surface area contributed by atoms with Gasteiger partial charge in [-0.25, -0.2) is 4.98 Å². The van der Waals surface area contributed by atoms with Crippen LogP contribution >= 0.6 is 0 Å². The number of rotatable bonds is 8. The molecule has 2 aromatic carbocycles. The molecule has 1 aromatic heterocycles. The van der Waals surface area contributed by atoms with Crippen LogP contribution in [0.25, 0.3) is 0 Å². The third-order valence-electron chi connectivity index (χ3n) is 4.14. The second-order valence-corrected chi connectivity index (χ2v) is 6.65. The number of aliphatic hydroxyl groups is 1. The van der Waals surface area contributed by atoms with Gasteiger partial charge in [-0.1, -0.05) is 74.5 Å². The standard InChI is InChI=1S/C22H24N2O3/c1-16(2)20(25)19-13-23-22(27-15-18-11-7-4-8-12-18)24-21(19)26-14-17-9-5-3-6-10-17/h3-13,16,20,25H,14-15H2,1-2H3/t20-/m0/s1. The van der Waals surface area contributed by atoms with Crippen LogP contribution in [0.2, 0.25) is 0 Å². The second kappa shape index (κ2) is 9.14. The molecule has 140 valence electrons. The van der Waals surface area contributed by atoms with E-state index in [4.69, 9.17) is 9.47 Å². The van der Waals surface area contributed by atoms with Crippen LogP contribution in [0.3, 0.4) is 0 Å². The summed E-state index contributed by atoms with van der Waals surface area (Å²) in [5, 5.41) is 10.5. The molecule has 0 radical (unpaired) electrons. The van der Waals surface area contributed by atoms with Gasteiger partial charge in [0.2, 0.25) is 5.88 Å². The Morgan fingerprint density at radius 3 is 1.96 bits per heavy atom. The lowest BCUT2D eigenvalue weighted by Crippen LogP contribution is -2.11. The van der Waals surface area contributed by atoms with E-state index < -0.39 is 6.10 Å². The lowest BCUT2D eigenvalue weighted by Gasteiger charge is -2.18. The van der Waals surface area contributed by atoms with Gasteiger partial charge in [-0.3, -0.25) is 0 Å². The first-order valence-electron chi connectivity index (χ1n) is 9.02. The van der Waals surface area contributed by atoms with E-state index in [0.29, 0.717) is 24.7 Å². The van der Waals surface area contributed by atoms with Crippen LogP contribution in [0.1, 0.15) is 36.6 Å². The zero-order valence-corrected chi connectivity index (χ0v) is 15.6. The number of ether oxygens (including phenoxy) is 2. The molecule has 1 atom stereocenters. The van der Waals surface area contributed by atoms with Crippen molar-refractivity contribution in [1.29, 1.82) is 0 Å². The summed E-state index contributed by atoms with van der Waals surface area (Å²) in [6.07, 6.45) is 0.872. The van der Waals surface area contributed by atoms with Crippen molar-refractivity contribution in [3.8, 4) is 11.9 Å². The van der Waals surface area contributed by atoms with Crippen molar-refractivity contribution in [3.05, 3.63) is 83.6 Å². The molecule has 0 fully saturated rings. The van der Waals surface area contributed by atoms with Crippen molar-refractivity contribution >= 4 is 0 Å². The minimum atomic E-state index is -0.709. The van der Waals surface area contributed by atoms with Gasteiger partial charge in [0.25, 0.3) is 0 Å². The molecule has 0 unspecified atom stereocenters. The SMILES string of the molecule is CC(C)[C@H](O)c1cnc(OCc2ccccc2)nc1OCc1ccccc1.